The quantitative estimate of drug-likeness (QED) is 0.821. The fourth-order valence-corrected chi connectivity index (χ4v) is 3.68. The Balaban J connectivity index is 1.60. The van der Waals surface area contributed by atoms with Gasteiger partial charge in [0, 0.05) is 17.7 Å². The number of rotatable bonds is 5. The van der Waals surface area contributed by atoms with Gasteiger partial charge in [-0.2, -0.15) is 0 Å². The van der Waals surface area contributed by atoms with Crippen LogP contribution < -0.4 is 15.8 Å². The summed E-state index contributed by atoms with van der Waals surface area (Å²) in [6.45, 7) is 0.207. The van der Waals surface area contributed by atoms with Gasteiger partial charge in [0.1, 0.15) is 17.3 Å². The fraction of sp³-hybridized carbons (Fsp3) is 0.500. The molecule has 0 spiro atoms. The van der Waals surface area contributed by atoms with Gasteiger partial charge in [-0.25, -0.2) is 0 Å². The van der Waals surface area contributed by atoms with Gasteiger partial charge in [-0.05, 0) is 43.2 Å². The average Bonchev–Trinajstić information content (AvgIpc) is 3.08. The van der Waals surface area contributed by atoms with Crippen LogP contribution in [-0.2, 0) is 4.79 Å². The minimum absolute atomic E-state index is 0.147. The Morgan fingerprint density at radius 1 is 1.38 bits per heavy atom. The smallest absolute Gasteiger partial charge is 0.227 e. The predicted octanol–water partition coefficient (Wildman–Crippen LogP) is 2.73. The first-order chi connectivity index (χ1) is 10.1. The number of hydrogen-bond donors (Lipinski definition) is 2. The van der Waals surface area contributed by atoms with Gasteiger partial charge in [0.05, 0.1) is 0 Å². The number of ether oxygens (including phenoxy) is 1. The predicted molar refractivity (Wildman–Crippen MR) is 86.3 cm³/mol. The normalized spacial score (nSPS) is 26.6. The number of hydrogen-bond acceptors (Lipinski definition) is 3. The minimum atomic E-state index is 0.147. The van der Waals surface area contributed by atoms with Crippen molar-refractivity contribution in [3.05, 3.63) is 24.3 Å². The van der Waals surface area contributed by atoms with E-state index in [0.717, 1.165) is 18.0 Å². The molecule has 0 radical (unpaired) electrons. The summed E-state index contributed by atoms with van der Waals surface area (Å²) >= 11 is 4.78. The molecule has 0 saturated heterocycles. The van der Waals surface area contributed by atoms with E-state index >= 15 is 0 Å². The zero-order valence-corrected chi connectivity index (χ0v) is 12.7. The molecule has 2 aliphatic rings. The summed E-state index contributed by atoms with van der Waals surface area (Å²) in [6, 6.07) is 7.36. The van der Waals surface area contributed by atoms with Crippen LogP contribution in [-0.4, -0.2) is 17.5 Å². The van der Waals surface area contributed by atoms with Crippen LogP contribution >= 0.6 is 12.2 Å². The molecular formula is C16H20N2O2S. The largest absolute Gasteiger partial charge is 0.486 e. The van der Waals surface area contributed by atoms with Crippen LogP contribution in [0.5, 0.6) is 5.75 Å². The van der Waals surface area contributed by atoms with Crippen LogP contribution in [0, 0.1) is 17.8 Å². The maximum atomic E-state index is 12.4. The van der Waals surface area contributed by atoms with Crippen molar-refractivity contribution in [1.29, 1.82) is 0 Å². The van der Waals surface area contributed by atoms with E-state index in [9.17, 15) is 4.79 Å². The molecule has 0 aromatic heterocycles. The first-order valence-electron chi connectivity index (χ1n) is 7.44. The maximum absolute atomic E-state index is 12.4. The number of carbonyl (C=O) groups excluding carboxylic acids is 1. The van der Waals surface area contributed by atoms with Gasteiger partial charge in [-0.15, -0.1) is 0 Å². The summed E-state index contributed by atoms with van der Waals surface area (Å²) in [5.41, 5.74) is 6.18. The monoisotopic (exact) mass is 304 g/mol. The molecule has 5 heteroatoms. The molecular weight excluding hydrogens is 284 g/mol. The maximum Gasteiger partial charge on any atom is 0.227 e. The highest BCUT2D eigenvalue weighted by Crippen LogP contribution is 2.48. The van der Waals surface area contributed by atoms with E-state index in [4.69, 9.17) is 22.7 Å². The third-order valence-electron chi connectivity index (χ3n) is 4.56. The lowest BCUT2D eigenvalue weighted by molar-refractivity contribution is -0.121. The highest BCUT2D eigenvalue weighted by Gasteiger charge is 2.42. The van der Waals surface area contributed by atoms with E-state index in [0.29, 0.717) is 16.7 Å². The number of thiocarbonyl (C=S) groups is 1. The molecule has 2 bridgehead atoms. The topological polar surface area (TPSA) is 64.3 Å². The van der Waals surface area contributed by atoms with Gasteiger partial charge in [0.15, 0.2) is 0 Å². The van der Waals surface area contributed by atoms with Crippen molar-refractivity contribution < 1.29 is 9.53 Å². The Morgan fingerprint density at radius 2 is 2.24 bits per heavy atom. The van der Waals surface area contributed by atoms with Crippen LogP contribution in [0.3, 0.4) is 0 Å². The summed E-state index contributed by atoms with van der Waals surface area (Å²) in [5.74, 6) is 2.35. The zero-order chi connectivity index (χ0) is 14.8. The lowest BCUT2D eigenvalue weighted by Crippen LogP contribution is -2.27. The summed E-state index contributed by atoms with van der Waals surface area (Å²) in [7, 11) is 0. The second kappa shape index (κ2) is 6.02. The summed E-state index contributed by atoms with van der Waals surface area (Å²) in [4.78, 5) is 12.7. The second-order valence-electron chi connectivity index (χ2n) is 6.05. The van der Waals surface area contributed by atoms with Gasteiger partial charge >= 0.3 is 0 Å². The molecule has 3 atom stereocenters. The van der Waals surface area contributed by atoms with Crippen molar-refractivity contribution in [3.63, 3.8) is 0 Å². The van der Waals surface area contributed by atoms with Crippen molar-refractivity contribution in [3.8, 4) is 5.75 Å². The van der Waals surface area contributed by atoms with E-state index in [1.54, 1.807) is 0 Å². The number of fused-ring (bicyclic) bond motifs is 2. The Bertz CT molecular complexity index is 561. The lowest BCUT2D eigenvalue weighted by Gasteiger charge is -2.20. The van der Waals surface area contributed by atoms with Crippen molar-refractivity contribution in [2.45, 2.75) is 25.7 Å². The third kappa shape index (κ3) is 3.35. The van der Waals surface area contributed by atoms with Crippen molar-refractivity contribution in [1.82, 2.24) is 0 Å². The van der Waals surface area contributed by atoms with Crippen molar-refractivity contribution in [2.75, 3.05) is 11.9 Å². The Morgan fingerprint density at radius 3 is 2.90 bits per heavy atom. The van der Waals surface area contributed by atoms with Crippen molar-refractivity contribution >= 4 is 28.8 Å². The van der Waals surface area contributed by atoms with Crippen molar-refractivity contribution in [2.24, 2.45) is 23.5 Å². The molecule has 4 nitrogen and oxygen atoms in total. The van der Waals surface area contributed by atoms with E-state index in [-0.39, 0.29) is 18.4 Å². The molecule has 112 valence electrons. The molecule has 3 N–H and O–H groups in total. The Labute approximate surface area is 130 Å². The number of anilines is 1. The van der Waals surface area contributed by atoms with E-state index < -0.39 is 0 Å². The van der Waals surface area contributed by atoms with E-state index in [1.807, 2.05) is 24.3 Å². The fourth-order valence-electron chi connectivity index (χ4n) is 3.62. The number of benzene rings is 1. The standard InChI is InChI=1S/C16H20N2O2S/c17-15(21)9-20-13-3-1-2-12(8-13)18-16(19)14-7-10-4-5-11(14)6-10/h1-3,8,10-11,14H,4-7,9H2,(H2,17,21)(H,18,19). The molecule has 2 aliphatic carbocycles. The van der Waals surface area contributed by atoms with Crippen LogP contribution in [0.2, 0.25) is 0 Å². The third-order valence-corrected chi connectivity index (χ3v) is 4.68. The summed E-state index contributed by atoms with van der Waals surface area (Å²) in [6.07, 6.45) is 4.79. The van der Waals surface area contributed by atoms with E-state index in [2.05, 4.69) is 5.32 Å². The lowest BCUT2D eigenvalue weighted by atomic mass is 9.88. The van der Waals surface area contributed by atoms with Crippen LogP contribution in [0.1, 0.15) is 25.7 Å². The first kappa shape index (κ1) is 14.3. The molecule has 21 heavy (non-hydrogen) atoms. The summed E-state index contributed by atoms with van der Waals surface area (Å²) in [5, 5.41) is 3.01. The molecule has 1 aromatic carbocycles. The molecule has 1 amide bonds. The highest BCUT2D eigenvalue weighted by atomic mass is 32.1. The minimum Gasteiger partial charge on any atom is -0.486 e. The zero-order valence-electron chi connectivity index (χ0n) is 11.9. The second-order valence-corrected chi connectivity index (χ2v) is 6.58. The highest BCUT2D eigenvalue weighted by molar-refractivity contribution is 7.80. The first-order valence-corrected chi connectivity index (χ1v) is 7.84. The molecule has 3 rings (SSSR count). The van der Waals surface area contributed by atoms with Gasteiger partial charge in [0.2, 0.25) is 5.91 Å². The molecule has 1 aromatic rings. The average molecular weight is 304 g/mol. The van der Waals surface area contributed by atoms with Gasteiger partial charge < -0.3 is 15.8 Å². The van der Waals surface area contributed by atoms with E-state index in [1.165, 1.54) is 19.3 Å². The Kier molecular flexibility index (Phi) is 4.10. The van der Waals surface area contributed by atoms with Crippen LogP contribution in [0.15, 0.2) is 24.3 Å². The summed E-state index contributed by atoms with van der Waals surface area (Å²) < 4.78 is 5.45. The number of nitrogens with two attached hydrogens (primary N) is 1. The molecule has 2 saturated carbocycles. The molecule has 0 heterocycles. The van der Waals surface area contributed by atoms with Crippen LogP contribution in [0.4, 0.5) is 5.69 Å². The SMILES string of the molecule is NC(=S)COc1cccc(NC(=O)C2CC3CCC2C3)c1. The Hall–Kier alpha value is -1.62. The number of amides is 1. The van der Waals surface area contributed by atoms with Gasteiger partial charge in [-0.3, -0.25) is 4.79 Å². The van der Waals surface area contributed by atoms with Crippen LogP contribution in [0.25, 0.3) is 0 Å². The number of carbonyl (C=O) groups is 1. The molecule has 2 fully saturated rings. The van der Waals surface area contributed by atoms with Gasteiger partial charge in [-0.1, -0.05) is 24.7 Å². The molecule has 0 aliphatic heterocycles. The molecule has 3 unspecified atom stereocenters. The van der Waals surface area contributed by atoms with Gasteiger partial charge in [0.25, 0.3) is 0 Å². The number of nitrogens with one attached hydrogen (secondary N) is 1.